The van der Waals surface area contributed by atoms with E-state index in [-0.39, 0.29) is 31.5 Å². The summed E-state index contributed by atoms with van der Waals surface area (Å²) in [6.07, 6.45) is 5.38. The maximum absolute atomic E-state index is 13.4. The first-order chi connectivity index (χ1) is 11.2. The Bertz CT molecular complexity index is 571. The van der Waals surface area contributed by atoms with Gasteiger partial charge in [0.25, 0.3) is 0 Å². The van der Waals surface area contributed by atoms with E-state index in [4.69, 9.17) is 5.26 Å². The number of rotatable bonds is 5. The zero-order valence-corrected chi connectivity index (χ0v) is 12.9. The smallest absolute Gasteiger partial charge is 0.237 e. The molecule has 1 aliphatic heterocycles. The summed E-state index contributed by atoms with van der Waals surface area (Å²) in [5.74, 6) is 0.342. The van der Waals surface area contributed by atoms with Crippen LogP contribution in [0.3, 0.4) is 0 Å². The van der Waals surface area contributed by atoms with Crippen molar-refractivity contribution in [3.8, 4) is 6.07 Å². The van der Waals surface area contributed by atoms with Crippen molar-refractivity contribution >= 4 is 5.91 Å². The molecule has 0 aromatic carbocycles. The number of nitriles is 1. The monoisotopic (exact) mass is 320 g/mol. The highest BCUT2D eigenvalue weighted by atomic mass is 19.1. The molecule has 0 radical (unpaired) electrons. The standard InChI is InChI=1S/C15H21FN6O/c16-12-4-14(5-17)22(8-12)15(23)6-19-13-2-1-11(3-13)7-21-10-18-9-20-21/h9-14,19H,1-4,6-8H2/t11?,12-,13+,14-/m0/s1. The molecular weight excluding hydrogens is 299 g/mol. The van der Waals surface area contributed by atoms with Crippen molar-refractivity contribution in [2.75, 3.05) is 13.1 Å². The number of alkyl halides is 1. The number of likely N-dealkylation sites (tertiary alicyclic amines) is 1. The molecule has 1 aliphatic carbocycles. The van der Waals surface area contributed by atoms with E-state index < -0.39 is 12.2 Å². The Morgan fingerprint density at radius 3 is 3.04 bits per heavy atom. The number of nitrogens with one attached hydrogen (secondary N) is 1. The predicted molar refractivity (Wildman–Crippen MR) is 79.8 cm³/mol. The van der Waals surface area contributed by atoms with Crippen molar-refractivity contribution in [2.24, 2.45) is 5.92 Å². The Morgan fingerprint density at radius 2 is 2.30 bits per heavy atom. The van der Waals surface area contributed by atoms with Gasteiger partial charge in [-0.2, -0.15) is 10.4 Å². The molecule has 2 fully saturated rings. The van der Waals surface area contributed by atoms with Gasteiger partial charge in [0, 0.05) is 19.0 Å². The van der Waals surface area contributed by atoms with Gasteiger partial charge in [0.15, 0.2) is 0 Å². The third-order valence-electron chi connectivity index (χ3n) is 4.71. The third kappa shape index (κ3) is 3.85. The molecule has 3 rings (SSSR count). The molecule has 1 unspecified atom stereocenters. The molecule has 2 heterocycles. The molecule has 0 spiro atoms. The summed E-state index contributed by atoms with van der Waals surface area (Å²) in [5, 5.41) is 16.4. The maximum Gasteiger partial charge on any atom is 0.237 e. The van der Waals surface area contributed by atoms with E-state index in [0.29, 0.717) is 5.92 Å². The van der Waals surface area contributed by atoms with Crippen LogP contribution in [0.15, 0.2) is 12.7 Å². The molecular formula is C15H21FN6O. The lowest BCUT2D eigenvalue weighted by Crippen LogP contribution is -2.43. The molecule has 7 nitrogen and oxygen atoms in total. The van der Waals surface area contributed by atoms with Gasteiger partial charge in [-0.25, -0.2) is 9.37 Å². The average Bonchev–Trinajstić information content (AvgIpc) is 3.26. The minimum absolute atomic E-state index is 0.0400. The fourth-order valence-electron chi connectivity index (χ4n) is 3.53. The van der Waals surface area contributed by atoms with Gasteiger partial charge in [-0.05, 0) is 25.2 Å². The van der Waals surface area contributed by atoms with Crippen LogP contribution in [0.4, 0.5) is 4.39 Å². The highest BCUT2D eigenvalue weighted by Gasteiger charge is 2.35. The highest BCUT2D eigenvalue weighted by Crippen LogP contribution is 2.27. The maximum atomic E-state index is 13.4. The second-order valence-corrected chi connectivity index (χ2v) is 6.40. The SMILES string of the molecule is N#C[C@@H]1C[C@H](F)CN1C(=O)CN[C@@H]1CCC(Cn2cncn2)C1. The number of nitrogens with zero attached hydrogens (tertiary/aromatic N) is 5. The van der Waals surface area contributed by atoms with Crippen LogP contribution in [0.1, 0.15) is 25.7 Å². The summed E-state index contributed by atoms with van der Waals surface area (Å²) in [6, 6.07) is 1.67. The summed E-state index contributed by atoms with van der Waals surface area (Å²) >= 11 is 0. The van der Waals surface area contributed by atoms with Crippen molar-refractivity contribution in [3.05, 3.63) is 12.7 Å². The van der Waals surface area contributed by atoms with E-state index in [1.807, 2.05) is 10.8 Å². The van der Waals surface area contributed by atoms with Gasteiger partial charge in [-0.1, -0.05) is 0 Å². The van der Waals surface area contributed by atoms with Crippen LogP contribution in [0.2, 0.25) is 0 Å². The van der Waals surface area contributed by atoms with Gasteiger partial charge >= 0.3 is 0 Å². The molecule has 23 heavy (non-hydrogen) atoms. The van der Waals surface area contributed by atoms with Crippen LogP contribution in [0.5, 0.6) is 0 Å². The molecule has 1 N–H and O–H groups in total. The summed E-state index contributed by atoms with van der Waals surface area (Å²) in [5.41, 5.74) is 0. The average molecular weight is 320 g/mol. The second-order valence-electron chi connectivity index (χ2n) is 6.40. The molecule has 1 amide bonds. The summed E-state index contributed by atoms with van der Waals surface area (Å²) in [4.78, 5) is 17.5. The molecule has 0 bridgehead atoms. The minimum Gasteiger partial charge on any atom is -0.323 e. The Hall–Kier alpha value is -2.01. The van der Waals surface area contributed by atoms with Crippen molar-refractivity contribution in [3.63, 3.8) is 0 Å². The molecule has 8 heteroatoms. The van der Waals surface area contributed by atoms with Crippen LogP contribution in [-0.4, -0.2) is 56.9 Å². The number of hydrogen-bond acceptors (Lipinski definition) is 5. The zero-order valence-electron chi connectivity index (χ0n) is 12.9. The molecule has 4 atom stereocenters. The van der Waals surface area contributed by atoms with Crippen LogP contribution in [0.25, 0.3) is 0 Å². The fourth-order valence-corrected chi connectivity index (χ4v) is 3.53. The lowest BCUT2D eigenvalue weighted by molar-refractivity contribution is -0.130. The topological polar surface area (TPSA) is 86.8 Å². The van der Waals surface area contributed by atoms with E-state index >= 15 is 0 Å². The fraction of sp³-hybridized carbons (Fsp3) is 0.733. The van der Waals surface area contributed by atoms with E-state index in [0.717, 1.165) is 25.8 Å². The number of hydrogen-bond donors (Lipinski definition) is 1. The first-order valence-electron chi connectivity index (χ1n) is 8.04. The summed E-state index contributed by atoms with van der Waals surface area (Å²) < 4.78 is 15.2. The number of aromatic nitrogens is 3. The van der Waals surface area contributed by atoms with Crippen LogP contribution >= 0.6 is 0 Å². The molecule has 1 aromatic rings. The quantitative estimate of drug-likeness (QED) is 0.853. The zero-order chi connectivity index (χ0) is 16.2. The van der Waals surface area contributed by atoms with E-state index in [1.165, 1.54) is 11.2 Å². The first kappa shape index (κ1) is 15.9. The van der Waals surface area contributed by atoms with Crippen molar-refractivity contribution < 1.29 is 9.18 Å². The van der Waals surface area contributed by atoms with Gasteiger partial charge < -0.3 is 10.2 Å². The Labute approximate surface area is 134 Å². The lowest BCUT2D eigenvalue weighted by Gasteiger charge is -2.21. The Balaban J connectivity index is 1.42. The Kier molecular flexibility index (Phi) is 4.86. The van der Waals surface area contributed by atoms with Crippen LogP contribution < -0.4 is 5.32 Å². The highest BCUT2D eigenvalue weighted by molar-refractivity contribution is 5.79. The number of halogens is 1. The first-order valence-corrected chi connectivity index (χ1v) is 8.04. The normalized spacial score (nSPS) is 30.5. The summed E-state index contributed by atoms with van der Waals surface area (Å²) in [6.45, 7) is 1.06. The van der Waals surface area contributed by atoms with Crippen molar-refractivity contribution in [2.45, 2.75) is 50.5 Å². The number of amides is 1. The molecule has 2 aliphatic rings. The van der Waals surface area contributed by atoms with Gasteiger partial charge in [-0.15, -0.1) is 0 Å². The van der Waals surface area contributed by atoms with Crippen LogP contribution in [-0.2, 0) is 11.3 Å². The largest absolute Gasteiger partial charge is 0.323 e. The lowest BCUT2D eigenvalue weighted by atomic mass is 10.1. The van der Waals surface area contributed by atoms with Gasteiger partial charge in [0.05, 0.1) is 19.2 Å². The van der Waals surface area contributed by atoms with E-state index in [9.17, 15) is 9.18 Å². The Morgan fingerprint density at radius 1 is 1.43 bits per heavy atom. The molecule has 124 valence electrons. The second kappa shape index (κ2) is 7.04. The molecule has 1 saturated heterocycles. The van der Waals surface area contributed by atoms with Gasteiger partial charge in [0.2, 0.25) is 5.91 Å². The molecule has 1 saturated carbocycles. The van der Waals surface area contributed by atoms with Gasteiger partial charge in [0.1, 0.15) is 24.9 Å². The number of carbonyl (C=O) groups is 1. The van der Waals surface area contributed by atoms with Crippen LogP contribution in [0, 0.1) is 17.2 Å². The van der Waals surface area contributed by atoms with E-state index in [2.05, 4.69) is 15.4 Å². The van der Waals surface area contributed by atoms with Gasteiger partial charge in [-0.3, -0.25) is 9.48 Å². The number of carbonyl (C=O) groups excluding carboxylic acids is 1. The van der Waals surface area contributed by atoms with Crippen molar-refractivity contribution in [1.82, 2.24) is 25.0 Å². The van der Waals surface area contributed by atoms with E-state index in [1.54, 1.807) is 6.33 Å². The molecule has 1 aromatic heterocycles. The third-order valence-corrected chi connectivity index (χ3v) is 4.71. The predicted octanol–water partition coefficient (Wildman–Crippen LogP) is 0.499. The minimum atomic E-state index is -1.08. The van der Waals surface area contributed by atoms with Crippen molar-refractivity contribution in [1.29, 1.82) is 5.26 Å². The summed E-state index contributed by atoms with van der Waals surface area (Å²) in [7, 11) is 0.